The quantitative estimate of drug-likeness (QED) is 0.298. The maximum Gasteiger partial charge on any atom is 0.175 e. The molecule has 0 atom stereocenters. The third-order valence-electron chi connectivity index (χ3n) is 4.78. The molecule has 4 nitrogen and oxygen atoms in total. The molecule has 0 bridgehead atoms. The molecular formula is C25H28BrClFNO3. The van der Waals surface area contributed by atoms with Gasteiger partial charge in [-0.1, -0.05) is 30.3 Å². The minimum Gasteiger partial charge on any atom is -0.497 e. The number of rotatable bonds is 11. The molecule has 0 fully saturated rings. The lowest BCUT2D eigenvalue weighted by atomic mass is 10.1. The van der Waals surface area contributed by atoms with Gasteiger partial charge in [0.1, 0.15) is 18.2 Å². The van der Waals surface area contributed by atoms with Gasteiger partial charge in [0, 0.05) is 12.1 Å². The van der Waals surface area contributed by atoms with Crippen LogP contribution in [0.3, 0.4) is 0 Å². The van der Waals surface area contributed by atoms with E-state index in [-0.39, 0.29) is 24.8 Å². The molecule has 0 heterocycles. The monoisotopic (exact) mass is 523 g/mol. The fourth-order valence-corrected chi connectivity index (χ4v) is 3.75. The Morgan fingerprint density at radius 1 is 0.969 bits per heavy atom. The van der Waals surface area contributed by atoms with Crippen LogP contribution in [0.2, 0.25) is 0 Å². The van der Waals surface area contributed by atoms with Crippen molar-refractivity contribution in [2.24, 2.45) is 0 Å². The minimum absolute atomic E-state index is 0. The molecule has 0 spiro atoms. The highest BCUT2D eigenvalue weighted by atomic mass is 79.9. The van der Waals surface area contributed by atoms with Crippen LogP contribution in [0.15, 0.2) is 65.1 Å². The second-order valence-corrected chi connectivity index (χ2v) is 7.85. The Balaban J connectivity index is 0.00000363. The molecule has 0 amide bonds. The van der Waals surface area contributed by atoms with E-state index in [4.69, 9.17) is 14.2 Å². The molecule has 0 saturated heterocycles. The largest absolute Gasteiger partial charge is 0.497 e. The van der Waals surface area contributed by atoms with E-state index in [0.717, 1.165) is 28.8 Å². The number of hydrogen-bond acceptors (Lipinski definition) is 4. The van der Waals surface area contributed by atoms with Crippen LogP contribution in [0.25, 0.3) is 0 Å². The Labute approximate surface area is 203 Å². The zero-order valence-corrected chi connectivity index (χ0v) is 20.6. The summed E-state index contributed by atoms with van der Waals surface area (Å²) in [5.74, 6) is 1.80. The molecule has 0 aliphatic heterocycles. The van der Waals surface area contributed by atoms with Crippen LogP contribution in [0, 0.1) is 5.82 Å². The van der Waals surface area contributed by atoms with Gasteiger partial charge in [-0.2, -0.15) is 0 Å². The molecule has 3 aromatic rings. The molecule has 0 unspecified atom stereocenters. The molecule has 0 aliphatic rings. The first-order valence-corrected chi connectivity index (χ1v) is 11.0. The normalized spacial score (nSPS) is 10.4. The van der Waals surface area contributed by atoms with Crippen LogP contribution in [0.4, 0.5) is 4.39 Å². The molecular weight excluding hydrogens is 497 g/mol. The summed E-state index contributed by atoms with van der Waals surface area (Å²) in [6, 6.07) is 18.7. The maximum atomic E-state index is 13.9. The van der Waals surface area contributed by atoms with Crippen molar-refractivity contribution in [2.45, 2.75) is 26.5 Å². The Kier molecular flexibility index (Phi) is 10.8. The summed E-state index contributed by atoms with van der Waals surface area (Å²) in [6.07, 6.45) is 0.924. The van der Waals surface area contributed by atoms with Crippen molar-refractivity contribution in [1.82, 2.24) is 5.32 Å². The lowest BCUT2D eigenvalue weighted by molar-refractivity contribution is 0.264. The average molecular weight is 525 g/mol. The second kappa shape index (κ2) is 13.3. The van der Waals surface area contributed by atoms with Crippen LogP contribution in [-0.4, -0.2) is 20.3 Å². The lowest BCUT2D eigenvalue weighted by Crippen LogP contribution is -2.17. The molecule has 7 heteroatoms. The first-order valence-electron chi connectivity index (χ1n) is 10.3. The maximum absolute atomic E-state index is 13.9. The molecule has 172 valence electrons. The van der Waals surface area contributed by atoms with Crippen LogP contribution in [0.5, 0.6) is 17.2 Å². The van der Waals surface area contributed by atoms with E-state index < -0.39 is 0 Å². The third-order valence-corrected chi connectivity index (χ3v) is 5.37. The average Bonchev–Trinajstić information content (AvgIpc) is 2.78. The molecule has 3 aromatic carbocycles. The highest BCUT2D eigenvalue weighted by Crippen LogP contribution is 2.37. The van der Waals surface area contributed by atoms with Crippen molar-refractivity contribution in [3.8, 4) is 17.2 Å². The van der Waals surface area contributed by atoms with E-state index in [1.807, 2.05) is 31.2 Å². The fourth-order valence-electron chi connectivity index (χ4n) is 3.15. The Hall–Kier alpha value is -2.28. The van der Waals surface area contributed by atoms with Gasteiger partial charge in [-0.15, -0.1) is 12.4 Å². The van der Waals surface area contributed by atoms with Gasteiger partial charge in [-0.3, -0.25) is 0 Å². The molecule has 0 aromatic heterocycles. The molecule has 0 saturated carbocycles. The summed E-state index contributed by atoms with van der Waals surface area (Å²) in [4.78, 5) is 0. The minimum atomic E-state index is -0.283. The van der Waals surface area contributed by atoms with E-state index >= 15 is 0 Å². The number of ether oxygens (including phenoxy) is 3. The summed E-state index contributed by atoms with van der Waals surface area (Å²) < 4.78 is 31.6. The predicted octanol–water partition coefficient (Wildman–Crippen LogP) is 6.33. The second-order valence-electron chi connectivity index (χ2n) is 6.99. The van der Waals surface area contributed by atoms with Crippen LogP contribution in [-0.2, 0) is 19.6 Å². The zero-order valence-electron chi connectivity index (χ0n) is 18.2. The predicted molar refractivity (Wildman–Crippen MR) is 132 cm³/mol. The van der Waals surface area contributed by atoms with E-state index in [9.17, 15) is 4.39 Å². The van der Waals surface area contributed by atoms with Gasteiger partial charge in [0.25, 0.3) is 0 Å². The van der Waals surface area contributed by atoms with Gasteiger partial charge in [0.2, 0.25) is 0 Å². The summed E-state index contributed by atoms with van der Waals surface area (Å²) >= 11 is 3.58. The van der Waals surface area contributed by atoms with Crippen molar-refractivity contribution in [2.75, 3.05) is 20.3 Å². The highest BCUT2D eigenvalue weighted by molar-refractivity contribution is 9.10. The summed E-state index contributed by atoms with van der Waals surface area (Å²) in [6.45, 7) is 4.11. The summed E-state index contributed by atoms with van der Waals surface area (Å²) in [5.41, 5.74) is 2.82. The standard InChI is InChI=1S/C25H27BrFNO3.ClH/c1-3-30-24-15-19(16-28-13-12-18-8-10-21(29-2)11-9-18)14-22(26)25(24)31-17-20-6-4-5-7-23(20)27;/h4-11,14-15,28H,3,12-13,16-17H2,1-2H3;1H. The molecule has 32 heavy (non-hydrogen) atoms. The summed E-state index contributed by atoms with van der Waals surface area (Å²) in [7, 11) is 1.67. The smallest absolute Gasteiger partial charge is 0.175 e. The van der Waals surface area contributed by atoms with Gasteiger partial charge in [0.05, 0.1) is 18.2 Å². The Morgan fingerprint density at radius 2 is 1.72 bits per heavy atom. The van der Waals surface area contributed by atoms with Crippen molar-refractivity contribution >= 4 is 28.3 Å². The van der Waals surface area contributed by atoms with Gasteiger partial charge in [-0.05, 0) is 77.3 Å². The van der Waals surface area contributed by atoms with Crippen LogP contribution >= 0.6 is 28.3 Å². The van der Waals surface area contributed by atoms with Gasteiger partial charge >= 0.3 is 0 Å². The zero-order chi connectivity index (χ0) is 22.1. The van der Waals surface area contributed by atoms with Crippen LogP contribution in [0.1, 0.15) is 23.6 Å². The van der Waals surface area contributed by atoms with Crippen LogP contribution < -0.4 is 19.5 Å². The molecule has 3 rings (SSSR count). The number of halogens is 3. The topological polar surface area (TPSA) is 39.7 Å². The first-order chi connectivity index (χ1) is 15.1. The van der Waals surface area contributed by atoms with Gasteiger partial charge < -0.3 is 19.5 Å². The van der Waals surface area contributed by atoms with Crippen molar-refractivity contribution in [3.63, 3.8) is 0 Å². The van der Waals surface area contributed by atoms with Gasteiger partial charge in [-0.25, -0.2) is 4.39 Å². The van der Waals surface area contributed by atoms with E-state index in [1.165, 1.54) is 11.6 Å². The molecule has 0 radical (unpaired) electrons. The third kappa shape index (κ3) is 7.40. The van der Waals surface area contributed by atoms with Crippen molar-refractivity contribution in [1.29, 1.82) is 0 Å². The molecule has 0 aliphatic carbocycles. The van der Waals surface area contributed by atoms with Crippen molar-refractivity contribution < 1.29 is 18.6 Å². The SMILES string of the molecule is CCOc1cc(CNCCc2ccc(OC)cc2)cc(Br)c1OCc1ccccc1F.Cl. The lowest BCUT2D eigenvalue weighted by Gasteiger charge is -2.16. The van der Waals surface area contributed by atoms with E-state index in [2.05, 4.69) is 33.4 Å². The number of methoxy groups -OCH3 is 1. The Bertz CT molecular complexity index is 985. The van der Waals surface area contributed by atoms with Gasteiger partial charge in [0.15, 0.2) is 11.5 Å². The van der Waals surface area contributed by atoms with E-state index in [0.29, 0.717) is 30.2 Å². The fraction of sp³-hybridized carbons (Fsp3) is 0.280. The summed E-state index contributed by atoms with van der Waals surface area (Å²) in [5, 5.41) is 3.46. The highest BCUT2D eigenvalue weighted by Gasteiger charge is 2.13. The number of hydrogen-bond donors (Lipinski definition) is 1. The van der Waals surface area contributed by atoms with Crippen molar-refractivity contribution in [3.05, 3.63) is 87.6 Å². The number of benzene rings is 3. The Morgan fingerprint density at radius 3 is 2.41 bits per heavy atom. The molecule has 1 N–H and O–H groups in total. The first kappa shape index (κ1) is 26.0. The number of nitrogens with one attached hydrogen (secondary N) is 1. The van der Waals surface area contributed by atoms with E-state index in [1.54, 1.807) is 25.3 Å².